The van der Waals surface area contributed by atoms with Crippen molar-refractivity contribution in [2.75, 3.05) is 13.1 Å². The summed E-state index contributed by atoms with van der Waals surface area (Å²) in [6.07, 6.45) is 1.01. The number of rotatable bonds is 9. The van der Waals surface area contributed by atoms with Gasteiger partial charge in [0.2, 0.25) is 10.0 Å². The molecule has 0 saturated heterocycles. The van der Waals surface area contributed by atoms with Crippen molar-refractivity contribution in [3.63, 3.8) is 0 Å². The molecule has 0 atom stereocenters. The maximum Gasteiger partial charge on any atom is 0.511 e. The van der Waals surface area contributed by atoms with Gasteiger partial charge in [-0.2, -0.15) is 17.5 Å². The molecule has 0 aliphatic heterocycles. The molecule has 1 fully saturated rings. The van der Waals surface area contributed by atoms with Gasteiger partial charge in [0.1, 0.15) is 16.4 Å². The first-order valence-corrected chi connectivity index (χ1v) is 12.4. The normalized spacial score (nSPS) is 22.6. The minimum Gasteiger partial charge on any atom is -0.211 e. The van der Waals surface area contributed by atoms with Crippen LogP contribution in [0.3, 0.4) is 0 Å². The lowest BCUT2D eigenvalue weighted by molar-refractivity contribution is -0.0452. The molecule has 2 rings (SSSR count). The highest BCUT2D eigenvalue weighted by molar-refractivity contribution is 7.90. The van der Waals surface area contributed by atoms with Gasteiger partial charge in [0.25, 0.3) is 0 Å². The Kier molecular flexibility index (Phi) is 7.91. The lowest BCUT2D eigenvalue weighted by atomic mass is 9.81. The Morgan fingerprint density at radius 3 is 2.06 bits per heavy atom. The second-order valence-corrected chi connectivity index (χ2v) is 11.3. The summed E-state index contributed by atoms with van der Waals surface area (Å²) in [5, 5.41) is 0. The molecule has 180 valence electrons. The van der Waals surface area contributed by atoms with Crippen LogP contribution in [0.2, 0.25) is 0 Å². The Bertz CT molecular complexity index is 1050. The summed E-state index contributed by atoms with van der Waals surface area (Å²) in [5.41, 5.74) is -6.00. The molecular weight excluding hydrogens is 479 g/mol. The summed E-state index contributed by atoms with van der Waals surface area (Å²) >= 11 is 0. The molecular formula is C19H23F5N2O4S2. The molecule has 1 aromatic rings. The van der Waals surface area contributed by atoms with Gasteiger partial charge in [-0.25, -0.2) is 30.3 Å². The first-order chi connectivity index (χ1) is 14.7. The molecule has 0 aromatic heterocycles. The first kappa shape index (κ1) is 26.4. The third kappa shape index (κ3) is 5.05. The van der Waals surface area contributed by atoms with Gasteiger partial charge in [-0.15, -0.1) is 13.2 Å². The van der Waals surface area contributed by atoms with E-state index in [0.717, 1.165) is 22.5 Å². The third-order valence-corrected chi connectivity index (χ3v) is 9.18. The Morgan fingerprint density at radius 2 is 1.59 bits per heavy atom. The van der Waals surface area contributed by atoms with Gasteiger partial charge in [0.05, 0.1) is 0 Å². The van der Waals surface area contributed by atoms with Crippen LogP contribution in [0.1, 0.15) is 31.2 Å². The van der Waals surface area contributed by atoms with E-state index in [0.29, 0.717) is 0 Å². The molecule has 0 spiro atoms. The number of hydrogen-bond donors (Lipinski definition) is 1. The minimum atomic E-state index is -5.65. The van der Waals surface area contributed by atoms with E-state index in [-0.39, 0.29) is 25.9 Å². The molecule has 0 bridgehead atoms. The molecule has 0 amide bonds. The molecule has 0 unspecified atom stereocenters. The van der Waals surface area contributed by atoms with E-state index >= 15 is 0 Å². The van der Waals surface area contributed by atoms with Gasteiger partial charge in [-0.05, 0) is 43.9 Å². The van der Waals surface area contributed by atoms with E-state index in [4.69, 9.17) is 0 Å². The Morgan fingerprint density at radius 1 is 1.06 bits per heavy atom. The average molecular weight is 503 g/mol. The van der Waals surface area contributed by atoms with Crippen molar-refractivity contribution in [1.29, 1.82) is 0 Å². The topological polar surface area (TPSA) is 83.6 Å². The van der Waals surface area contributed by atoms with Crippen LogP contribution in [0.15, 0.2) is 43.5 Å². The number of sulfonamides is 2. The molecule has 1 saturated carbocycles. The number of hydrogen-bond acceptors (Lipinski definition) is 4. The van der Waals surface area contributed by atoms with E-state index in [2.05, 4.69) is 13.2 Å². The van der Waals surface area contributed by atoms with Crippen LogP contribution in [0.4, 0.5) is 22.0 Å². The van der Waals surface area contributed by atoms with Gasteiger partial charge < -0.3 is 0 Å². The van der Waals surface area contributed by atoms with Gasteiger partial charge in [-0.1, -0.05) is 12.2 Å². The van der Waals surface area contributed by atoms with Gasteiger partial charge in [0, 0.05) is 24.7 Å². The van der Waals surface area contributed by atoms with E-state index in [1.165, 1.54) is 16.9 Å². The van der Waals surface area contributed by atoms with Crippen LogP contribution in [-0.4, -0.2) is 45.8 Å². The highest BCUT2D eigenvalue weighted by atomic mass is 32.2. The molecule has 32 heavy (non-hydrogen) atoms. The zero-order valence-electron chi connectivity index (χ0n) is 16.9. The molecule has 0 radical (unpaired) electrons. The number of halogens is 5. The average Bonchev–Trinajstić information content (AvgIpc) is 2.69. The molecule has 6 nitrogen and oxygen atoms in total. The Hall–Kier alpha value is -1.83. The molecule has 13 heteroatoms. The number of benzene rings is 1. The quantitative estimate of drug-likeness (QED) is 0.414. The summed E-state index contributed by atoms with van der Waals surface area (Å²) < 4.78 is 117. The number of nitrogens with zero attached hydrogens (tertiary/aromatic N) is 1. The van der Waals surface area contributed by atoms with E-state index in [9.17, 15) is 38.8 Å². The van der Waals surface area contributed by atoms with Crippen molar-refractivity contribution in [3.05, 3.63) is 60.7 Å². The standard InChI is InChI=1S/C19H23F5N2O4S2/c1-3-11-26(12-4-2)32(29,30)18(16-13-14(20)5-6-17(16)21)9-7-15(8-10-18)25-31(27,28)19(22,23)24/h3-6,13,15,25H,1-2,7-12H2/t15-,18+. The summed E-state index contributed by atoms with van der Waals surface area (Å²) in [5.74, 6) is -1.89. The van der Waals surface area contributed by atoms with Crippen LogP contribution >= 0.6 is 0 Å². The van der Waals surface area contributed by atoms with Crippen LogP contribution in [0.5, 0.6) is 0 Å². The Labute approximate surface area is 183 Å². The zero-order chi connectivity index (χ0) is 24.4. The second-order valence-electron chi connectivity index (χ2n) is 7.36. The van der Waals surface area contributed by atoms with Crippen LogP contribution in [0.25, 0.3) is 0 Å². The van der Waals surface area contributed by atoms with E-state index in [1.54, 1.807) is 0 Å². The zero-order valence-corrected chi connectivity index (χ0v) is 18.5. The molecule has 1 aromatic carbocycles. The predicted octanol–water partition coefficient (Wildman–Crippen LogP) is 3.55. The van der Waals surface area contributed by atoms with E-state index < -0.39 is 66.4 Å². The fraction of sp³-hybridized carbons (Fsp3) is 0.474. The smallest absolute Gasteiger partial charge is 0.211 e. The maximum atomic E-state index is 14.7. The lowest BCUT2D eigenvalue weighted by Gasteiger charge is -2.42. The van der Waals surface area contributed by atoms with Crippen LogP contribution < -0.4 is 4.72 Å². The Balaban J connectivity index is 2.53. The fourth-order valence-electron chi connectivity index (χ4n) is 3.81. The summed E-state index contributed by atoms with van der Waals surface area (Å²) in [6, 6.07) is 1.10. The fourth-order valence-corrected chi connectivity index (χ4v) is 6.90. The predicted molar refractivity (Wildman–Crippen MR) is 109 cm³/mol. The van der Waals surface area contributed by atoms with Crippen molar-refractivity contribution in [2.45, 2.75) is 42.0 Å². The van der Waals surface area contributed by atoms with Crippen LogP contribution in [0, 0.1) is 11.6 Å². The van der Waals surface area contributed by atoms with Crippen molar-refractivity contribution in [2.24, 2.45) is 0 Å². The first-order valence-electron chi connectivity index (χ1n) is 9.47. The lowest BCUT2D eigenvalue weighted by Crippen LogP contribution is -2.52. The van der Waals surface area contributed by atoms with E-state index in [1.807, 2.05) is 0 Å². The summed E-state index contributed by atoms with van der Waals surface area (Å²) in [4.78, 5) is 0. The van der Waals surface area contributed by atoms with Gasteiger partial charge >= 0.3 is 15.5 Å². The summed E-state index contributed by atoms with van der Waals surface area (Å²) in [7, 11) is -10.1. The van der Waals surface area contributed by atoms with Gasteiger partial charge in [0.15, 0.2) is 0 Å². The molecule has 1 N–H and O–H groups in total. The monoisotopic (exact) mass is 502 g/mol. The SMILES string of the molecule is C=CCN(CC=C)S(=O)(=O)[C@]1(c2cc(F)ccc2F)CC[C@H](NS(=O)(=O)C(F)(F)F)CC1. The molecule has 1 aliphatic carbocycles. The highest BCUT2D eigenvalue weighted by Gasteiger charge is 2.53. The van der Waals surface area contributed by atoms with Crippen LogP contribution in [-0.2, 0) is 24.8 Å². The van der Waals surface area contributed by atoms with Crippen molar-refractivity contribution in [3.8, 4) is 0 Å². The van der Waals surface area contributed by atoms with Gasteiger partial charge in [-0.3, -0.25) is 0 Å². The number of nitrogens with one attached hydrogen (secondary N) is 1. The summed E-state index contributed by atoms with van der Waals surface area (Å²) in [6.45, 7) is 6.63. The third-order valence-electron chi connectivity index (χ3n) is 5.34. The second kappa shape index (κ2) is 9.57. The molecule has 0 heterocycles. The van der Waals surface area contributed by atoms with Crippen molar-refractivity contribution >= 4 is 20.0 Å². The maximum absolute atomic E-state index is 14.7. The molecule has 1 aliphatic rings. The van der Waals surface area contributed by atoms with Crippen molar-refractivity contribution < 1.29 is 38.8 Å². The minimum absolute atomic E-state index is 0.169. The highest BCUT2D eigenvalue weighted by Crippen LogP contribution is 2.47. The number of alkyl halides is 3. The van der Waals surface area contributed by atoms with Crippen molar-refractivity contribution in [1.82, 2.24) is 9.03 Å². The largest absolute Gasteiger partial charge is 0.511 e.